The maximum Gasteiger partial charge on any atom is 0.258 e. The minimum Gasteiger partial charge on any atom is -0.394 e. The molecule has 0 fully saturated rings. The van der Waals surface area contributed by atoms with Gasteiger partial charge in [0.15, 0.2) is 0 Å². The van der Waals surface area contributed by atoms with Crippen molar-refractivity contribution in [1.29, 1.82) is 0 Å². The van der Waals surface area contributed by atoms with Crippen molar-refractivity contribution in [3.8, 4) is 5.95 Å². The summed E-state index contributed by atoms with van der Waals surface area (Å²) in [5, 5.41) is 19.6. The third-order valence-corrected chi connectivity index (χ3v) is 2.90. The lowest BCUT2D eigenvalue weighted by Crippen LogP contribution is -2.30. The Morgan fingerprint density at radius 2 is 2.00 bits per heavy atom. The summed E-state index contributed by atoms with van der Waals surface area (Å²) in [4.78, 5) is 16.7. The minimum absolute atomic E-state index is 0.00144. The zero-order chi connectivity index (χ0) is 15.2. The van der Waals surface area contributed by atoms with Gasteiger partial charge in [0.25, 0.3) is 5.95 Å². The number of aliphatic hydroxyl groups is 1. The highest BCUT2D eigenvalue weighted by Crippen LogP contribution is 2.12. The molecule has 0 spiro atoms. The first-order valence-electron chi connectivity index (χ1n) is 6.86. The third kappa shape index (κ3) is 3.85. The molecule has 0 aromatic carbocycles. The van der Waals surface area contributed by atoms with E-state index < -0.39 is 0 Å². The van der Waals surface area contributed by atoms with E-state index in [9.17, 15) is 5.11 Å². The van der Waals surface area contributed by atoms with Crippen molar-refractivity contribution < 1.29 is 5.11 Å². The minimum atomic E-state index is -0.134. The normalized spacial score (nSPS) is 12.4. The summed E-state index contributed by atoms with van der Waals surface area (Å²) >= 11 is 0. The number of aromatic nitrogens is 6. The van der Waals surface area contributed by atoms with Crippen molar-refractivity contribution in [1.82, 2.24) is 29.7 Å². The van der Waals surface area contributed by atoms with Crippen LogP contribution in [0.5, 0.6) is 0 Å². The number of hydrogen-bond acceptors (Lipinski definition) is 8. The van der Waals surface area contributed by atoms with Crippen molar-refractivity contribution in [2.75, 3.05) is 23.8 Å². The Morgan fingerprint density at radius 1 is 1.24 bits per heavy atom. The lowest BCUT2D eigenvalue weighted by molar-refractivity contribution is 0.248. The van der Waals surface area contributed by atoms with Gasteiger partial charge in [-0.25, -0.2) is 4.98 Å². The Kier molecular flexibility index (Phi) is 4.99. The summed E-state index contributed by atoms with van der Waals surface area (Å²) in [5.74, 6) is 1.44. The van der Waals surface area contributed by atoms with E-state index in [2.05, 4.69) is 35.7 Å². The first kappa shape index (κ1) is 15.1. The van der Waals surface area contributed by atoms with E-state index in [4.69, 9.17) is 0 Å². The molecule has 9 nitrogen and oxygen atoms in total. The molecule has 0 radical (unpaired) electrons. The quantitative estimate of drug-likeness (QED) is 0.668. The largest absolute Gasteiger partial charge is 0.394 e. The van der Waals surface area contributed by atoms with E-state index in [1.807, 2.05) is 20.8 Å². The molecule has 3 N–H and O–H groups in total. The van der Waals surface area contributed by atoms with E-state index in [0.717, 1.165) is 0 Å². The van der Waals surface area contributed by atoms with Crippen LogP contribution in [-0.2, 0) is 0 Å². The van der Waals surface area contributed by atoms with Gasteiger partial charge in [0, 0.05) is 6.54 Å². The second kappa shape index (κ2) is 6.93. The maximum absolute atomic E-state index is 9.41. The maximum atomic E-state index is 9.41. The van der Waals surface area contributed by atoms with Crippen LogP contribution in [0.4, 0.5) is 11.9 Å². The van der Waals surface area contributed by atoms with Crippen molar-refractivity contribution in [2.45, 2.75) is 26.8 Å². The van der Waals surface area contributed by atoms with Gasteiger partial charge in [-0.3, -0.25) is 0 Å². The molecule has 0 amide bonds. The van der Waals surface area contributed by atoms with Gasteiger partial charge in [-0.2, -0.15) is 24.7 Å². The third-order valence-electron chi connectivity index (χ3n) is 2.90. The molecule has 2 heterocycles. The monoisotopic (exact) mass is 292 g/mol. The molecule has 0 saturated carbocycles. The van der Waals surface area contributed by atoms with Crippen LogP contribution in [0.3, 0.4) is 0 Å². The Balaban J connectivity index is 2.31. The number of nitrogens with one attached hydrogen (secondary N) is 2. The lowest BCUT2D eigenvalue weighted by atomic mass is 10.1. The second-order valence-electron chi connectivity index (χ2n) is 4.83. The lowest BCUT2D eigenvalue weighted by Gasteiger charge is -2.20. The molecule has 0 aliphatic rings. The van der Waals surface area contributed by atoms with Crippen LogP contribution in [-0.4, -0.2) is 54.0 Å². The molecule has 114 valence electrons. The van der Waals surface area contributed by atoms with E-state index >= 15 is 0 Å². The number of anilines is 2. The molecule has 0 aliphatic carbocycles. The topological polar surface area (TPSA) is 114 Å². The van der Waals surface area contributed by atoms with Gasteiger partial charge in [0.05, 0.1) is 12.6 Å². The Bertz CT molecular complexity index is 556. The van der Waals surface area contributed by atoms with Crippen molar-refractivity contribution in [3.63, 3.8) is 0 Å². The van der Waals surface area contributed by atoms with E-state index in [1.165, 1.54) is 17.3 Å². The van der Waals surface area contributed by atoms with Crippen LogP contribution < -0.4 is 10.6 Å². The molecular weight excluding hydrogens is 272 g/mol. The standard InChI is InChI=1S/C12H20N8O/c1-4-14-10-17-11(16-9(5-21)8(2)3)19-12(18-10)20-7-13-6-15-20/h6-9,21H,4-5H2,1-3H3,(H2,14,16,17,18,19). The van der Waals surface area contributed by atoms with Crippen LogP contribution in [0.15, 0.2) is 12.7 Å². The molecule has 0 aliphatic heterocycles. The van der Waals surface area contributed by atoms with Gasteiger partial charge in [0.1, 0.15) is 12.7 Å². The fourth-order valence-corrected chi connectivity index (χ4v) is 1.67. The highest BCUT2D eigenvalue weighted by atomic mass is 16.3. The van der Waals surface area contributed by atoms with Crippen LogP contribution in [0, 0.1) is 5.92 Å². The predicted octanol–water partition coefficient (Wildman–Crippen LogP) is 0.313. The molecule has 2 aromatic rings. The van der Waals surface area contributed by atoms with Crippen LogP contribution >= 0.6 is 0 Å². The number of hydrogen-bond donors (Lipinski definition) is 3. The fourth-order valence-electron chi connectivity index (χ4n) is 1.67. The molecule has 2 aromatic heterocycles. The first-order chi connectivity index (χ1) is 10.1. The van der Waals surface area contributed by atoms with Crippen molar-refractivity contribution in [3.05, 3.63) is 12.7 Å². The average molecular weight is 292 g/mol. The zero-order valence-electron chi connectivity index (χ0n) is 12.4. The summed E-state index contributed by atoms with van der Waals surface area (Å²) in [7, 11) is 0. The number of aliphatic hydroxyl groups excluding tert-OH is 1. The summed E-state index contributed by atoms with van der Waals surface area (Å²) in [5.41, 5.74) is 0. The highest BCUT2D eigenvalue weighted by molar-refractivity contribution is 5.38. The second-order valence-corrected chi connectivity index (χ2v) is 4.83. The molecule has 21 heavy (non-hydrogen) atoms. The summed E-state index contributed by atoms with van der Waals surface area (Å²) in [6.07, 6.45) is 2.93. The SMILES string of the molecule is CCNc1nc(NC(CO)C(C)C)nc(-n2cncn2)n1. The number of rotatable bonds is 7. The first-order valence-corrected chi connectivity index (χ1v) is 6.86. The average Bonchev–Trinajstić information content (AvgIpc) is 2.99. The highest BCUT2D eigenvalue weighted by Gasteiger charge is 2.15. The summed E-state index contributed by atoms with van der Waals surface area (Å²) in [6, 6.07) is -0.134. The Labute approximate surface area is 122 Å². The molecule has 2 rings (SSSR count). The van der Waals surface area contributed by atoms with Gasteiger partial charge in [-0.05, 0) is 12.8 Å². The van der Waals surface area contributed by atoms with Gasteiger partial charge >= 0.3 is 0 Å². The van der Waals surface area contributed by atoms with E-state index in [0.29, 0.717) is 24.4 Å². The molecule has 1 unspecified atom stereocenters. The van der Waals surface area contributed by atoms with Crippen LogP contribution in [0.1, 0.15) is 20.8 Å². The van der Waals surface area contributed by atoms with E-state index in [-0.39, 0.29) is 18.6 Å². The zero-order valence-corrected chi connectivity index (χ0v) is 12.4. The molecule has 0 saturated heterocycles. The van der Waals surface area contributed by atoms with Crippen molar-refractivity contribution in [2.24, 2.45) is 5.92 Å². The molecule has 1 atom stereocenters. The molecule has 9 heteroatoms. The van der Waals surface area contributed by atoms with Gasteiger partial charge in [-0.15, -0.1) is 0 Å². The van der Waals surface area contributed by atoms with Gasteiger partial charge < -0.3 is 15.7 Å². The molecular formula is C12H20N8O. The fraction of sp³-hybridized carbons (Fsp3) is 0.583. The van der Waals surface area contributed by atoms with Crippen LogP contribution in [0.25, 0.3) is 5.95 Å². The Hall–Kier alpha value is -2.29. The van der Waals surface area contributed by atoms with Crippen molar-refractivity contribution >= 4 is 11.9 Å². The van der Waals surface area contributed by atoms with E-state index in [1.54, 1.807) is 0 Å². The summed E-state index contributed by atoms with van der Waals surface area (Å²) in [6.45, 7) is 6.67. The molecule has 0 bridgehead atoms. The smallest absolute Gasteiger partial charge is 0.258 e. The van der Waals surface area contributed by atoms with Gasteiger partial charge in [-0.1, -0.05) is 13.8 Å². The Morgan fingerprint density at radius 3 is 2.57 bits per heavy atom. The summed E-state index contributed by atoms with van der Waals surface area (Å²) < 4.78 is 1.46. The predicted molar refractivity (Wildman–Crippen MR) is 78.2 cm³/mol. The van der Waals surface area contributed by atoms with Gasteiger partial charge in [0.2, 0.25) is 11.9 Å². The van der Waals surface area contributed by atoms with Crippen LogP contribution in [0.2, 0.25) is 0 Å². The number of nitrogens with zero attached hydrogens (tertiary/aromatic N) is 6.